The Balaban J connectivity index is 1.08. The van der Waals surface area contributed by atoms with Crippen LogP contribution in [0.3, 0.4) is 0 Å². The highest BCUT2D eigenvalue weighted by molar-refractivity contribution is 6.28. The molecule has 0 aliphatic heterocycles. The predicted molar refractivity (Wildman–Crippen MR) is 208 cm³/mol. The number of furan rings is 1. The summed E-state index contributed by atoms with van der Waals surface area (Å²) in [5, 5.41) is 7.01. The molecule has 2 aromatic heterocycles. The third-order valence-corrected chi connectivity index (χ3v) is 10.2. The lowest BCUT2D eigenvalue weighted by molar-refractivity contribution is 0.669. The van der Waals surface area contributed by atoms with Crippen LogP contribution in [-0.4, -0.2) is 15.0 Å². The standard InChI is InChI=1S/C47H27N3O/c1-3-10-28(11-4-1)31-20-18-29-19-21-32(25-34(29)24-31)46-48-45(30-12-5-2-6-13-30)49-47(50-46)33-22-23-38-41(26-33)51-42-27-40-36-15-8-7-14-35(36)37-16-9-17-39(43(37)40)44(38)42/h1-27H. The number of rotatable bonds is 4. The minimum Gasteiger partial charge on any atom is -0.456 e. The fraction of sp³-hybridized carbons (Fsp3) is 0. The number of hydrogen-bond acceptors (Lipinski definition) is 4. The zero-order valence-electron chi connectivity index (χ0n) is 27.3. The first kappa shape index (κ1) is 28.0. The van der Waals surface area contributed by atoms with E-state index in [1.165, 1.54) is 44.2 Å². The van der Waals surface area contributed by atoms with Crippen molar-refractivity contribution in [3.8, 4) is 67.5 Å². The van der Waals surface area contributed by atoms with Gasteiger partial charge in [0, 0.05) is 27.5 Å². The number of nitrogens with zero attached hydrogens (tertiary/aromatic N) is 3. The highest BCUT2D eigenvalue weighted by Gasteiger charge is 2.24. The minimum absolute atomic E-state index is 0.599. The van der Waals surface area contributed by atoms with E-state index in [0.29, 0.717) is 17.5 Å². The van der Waals surface area contributed by atoms with Gasteiger partial charge in [0.15, 0.2) is 17.5 Å². The van der Waals surface area contributed by atoms with Gasteiger partial charge < -0.3 is 4.42 Å². The van der Waals surface area contributed by atoms with Crippen molar-refractivity contribution in [2.75, 3.05) is 0 Å². The van der Waals surface area contributed by atoms with Gasteiger partial charge in [-0.15, -0.1) is 0 Å². The lowest BCUT2D eigenvalue weighted by Gasteiger charge is -2.10. The summed E-state index contributed by atoms with van der Waals surface area (Å²) in [5.41, 5.74) is 11.8. The summed E-state index contributed by atoms with van der Waals surface area (Å²) in [6.07, 6.45) is 0. The summed E-state index contributed by atoms with van der Waals surface area (Å²) in [7, 11) is 0. The smallest absolute Gasteiger partial charge is 0.164 e. The lowest BCUT2D eigenvalue weighted by Crippen LogP contribution is -2.00. The van der Waals surface area contributed by atoms with Crippen molar-refractivity contribution in [2.24, 2.45) is 0 Å². The normalized spacial score (nSPS) is 11.9. The van der Waals surface area contributed by atoms with E-state index >= 15 is 0 Å². The molecular weight excluding hydrogens is 623 g/mol. The number of fused-ring (bicyclic) bond motifs is 8. The number of aromatic nitrogens is 3. The molecule has 11 rings (SSSR count). The predicted octanol–water partition coefficient (Wildman–Crippen LogP) is 12.4. The summed E-state index contributed by atoms with van der Waals surface area (Å²) < 4.78 is 6.66. The van der Waals surface area contributed by atoms with E-state index < -0.39 is 0 Å². The fourth-order valence-electron chi connectivity index (χ4n) is 7.82. The van der Waals surface area contributed by atoms with Crippen molar-refractivity contribution in [3.63, 3.8) is 0 Å². The second kappa shape index (κ2) is 10.8. The minimum atomic E-state index is 0.599. The van der Waals surface area contributed by atoms with E-state index in [1.54, 1.807) is 0 Å². The van der Waals surface area contributed by atoms with Gasteiger partial charge in [0.1, 0.15) is 11.2 Å². The van der Waals surface area contributed by atoms with Crippen LogP contribution in [0.2, 0.25) is 0 Å². The molecule has 4 heteroatoms. The molecule has 4 nitrogen and oxygen atoms in total. The molecule has 51 heavy (non-hydrogen) atoms. The van der Waals surface area contributed by atoms with E-state index in [1.807, 2.05) is 36.4 Å². The van der Waals surface area contributed by atoms with Crippen molar-refractivity contribution < 1.29 is 4.42 Å². The molecule has 2 heterocycles. The van der Waals surface area contributed by atoms with E-state index in [0.717, 1.165) is 49.4 Å². The van der Waals surface area contributed by atoms with Crippen LogP contribution in [0.5, 0.6) is 0 Å². The van der Waals surface area contributed by atoms with Gasteiger partial charge >= 0.3 is 0 Å². The quantitative estimate of drug-likeness (QED) is 0.190. The summed E-state index contributed by atoms with van der Waals surface area (Å²) in [6, 6.07) is 57.4. The topological polar surface area (TPSA) is 51.8 Å². The Kier molecular flexibility index (Phi) is 5.92. The molecule has 0 N–H and O–H groups in total. The van der Waals surface area contributed by atoms with Gasteiger partial charge in [-0.1, -0.05) is 133 Å². The van der Waals surface area contributed by atoms with E-state index in [2.05, 4.69) is 127 Å². The maximum atomic E-state index is 6.66. The Morgan fingerprint density at radius 3 is 1.67 bits per heavy atom. The van der Waals surface area contributed by atoms with Crippen molar-refractivity contribution in [1.82, 2.24) is 15.0 Å². The molecule has 0 radical (unpaired) electrons. The first-order chi connectivity index (χ1) is 25.2. The number of hydrogen-bond donors (Lipinski definition) is 0. The van der Waals surface area contributed by atoms with Gasteiger partial charge in [-0.05, 0) is 85.3 Å². The second-order valence-electron chi connectivity index (χ2n) is 13.2. The number of benzene rings is 8. The van der Waals surface area contributed by atoms with Crippen LogP contribution in [0.1, 0.15) is 0 Å². The van der Waals surface area contributed by atoms with Gasteiger partial charge in [0.25, 0.3) is 0 Å². The first-order valence-corrected chi connectivity index (χ1v) is 17.2. The Labute approximate surface area is 293 Å². The maximum Gasteiger partial charge on any atom is 0.164 e. The molecule has 10 aromatic rings. The van der Waals surface area contributed by atoms with E-state index in [9.17, 15) is 0 Å². The zero-order chi connectivity index (χ0) is 33.5. The average molecular weight is 650 g/mol. The van der Waals surface area contributed by atoms with E-state index in [4.69, 9.17) is 19.4 Å². The average Bonchev–Trinajstić information content (AvgIpc) is 3.74. The molecule has 0 fully saturated rings. The van der Waals surface area contributed by atoms with Crippen molar-refractivity contribution in [1.29, 1.82) is 0 Å². The van der Waals surface area contributed by atoms with Crippen LogP contribution >= 0.6 is 0 Å². The van der Waals surface area contributed by atoms with Crippen LogP contribution < -0.4 is 0 Å². The van der Waals surface area contributed by atoms with Gasteiger partial charge in [0.2, 0.25) is 0 Å². The molecule has 0 atom stereocenters. The molecule has 8 aromatic carbocycles. The monoisotopic (exact) mass is 649 g/mol. The molecule has 1 aliphatic rings. The molecular formula is C47H27N3O. The van der Waals surface area contributed by atoms with Gasteiger partial charge in [0.05, 0.1) is 0 Å². The maximum absolute atomic E-state index is 6.66. The summed E-state index contributed by atoms with van der Waals surface area (Å²) in [6.45, 7) is 0. The molecule has 0 bridgehead atoms. The van der Waals surface area contributed by atoms with Crippen molar-refractivity contribution >= 4 is 43.5 Å². The van der Waals surface area contributed by atoms with Gasteiger partial charge in [-0.2, -0.15) is 0 Å². The van der Waals surface area contributed by atoms with Gasteiger partial charge in [-0.25, -0.2) is 15.0 Å². The van der Waals surface area contributed by atoms with Crippen LogP contribution in [0.15, 0.2) is 168 Å². The highest BCUT2D eigenvalue weighted by Crippen LogP contribution is 2.50. The molecule has 236 valence electrons. The highest BCUT2D eigenvalue weighted by atomic mass is 16.3. The molecule has 0 unspecified atom stereocenters. The van der Waals surface area contributed by atoms with Crippen molar-refractivity contribution in [2.45, 2.75) is 0 Å². The Morgan fingerprint density at radius 2 is 0.902 bits per heavy atom. The molecule has 0 saturated carbocycles. The Bertz CT molecular complexity index is 3020. The van der Waals surface area contributed by atoms with Gasteiger partial charge in [-0.3, -0.25) is 0 Å². The third kappa shape index (κ3) is 4.37. The molecule has 0 amide bonds. The summed E-state index contributed by atoms with van der Waals surface area (Å²) in [5.74, 6) is 1.85. The largest absolute Gasteiger partial charge is 0.456 e. The summed E-state index contributed by atoms with van der Waals surface area (Å²) >= 11 is 0. The molecule has 1 aliphatic carbocycles. The third-order valence-electron chi connectivity index (χ3n) is 10.2. The van der Waals surface area contributed by atoms with Crippen LogP contribution in [0.4, 0.5) is 0 Å². The van der Waals surface area contributed by atoms with Crippen molar-refractivity contribution in [3.05, 3.63) is 164 Å². The Morgan fingerprint density at radius 1 is 0.314 bits per heavy atom. The van der Waals surface area contributed by atoms with Crippen LogP contribution in [-0.2, 0) is 0 Å². The Hall–Kier alpha value is -6.91. The molecule has 0 spiro atoms. The lowest BCUT2D eigenvalue weighted by atomic mass is 9.98. The van der Waals surface area contributed by atoms with Crippen LogP contribution in [0, 0.1) is 0 Å². The summed E-state index contributed by atoms with van der Waals surface area (Å²) in [4.78, 5) is 15.1. The fourth-order valence-corrected chi connectivity index (χ4v) is 7.82. The van der Waals surface area contributed by atoms with E-state index in [-0.39, 0.29) is 0 Å². The van der Waals surface area contributed by atoms with Crippen LogP contribution in [0.25, 0.3) is 111 Å². The second-order valence-corrected chi connectivity index (χ2v) is 13.2. The SMILES string of the molecule is c1ccc(-c2ccc3ccc(-c4nc(-c5ccccc5)nc(-c5ccc6c(c5)oc5cc7c8c(cccc8c56)-c5ccccc5-7)n4)cc3c2)cc1. The molecule has 0 saturated heterocycles. The first-order valence-electron chi connectivity index (χ1n) is 17.2. The zero-order valence-corrected chi connectivity index (χ0v) is 27.3.